The van der Waals surface area contributed by atoms with E-state index in [1.54, 1.807) is 18.2 Å². The average Bonchev–Trinajstić information content (AvgIpc) is 2.80. The highest BCUT2D eigenvalue weighted by atomic mass is 79.9. The number of nitrogens with one attached hydrogen (secondary N) is 1. The van der Waals surface area contributed by atoms with Gasteiger partial charge in [-0.3, -0.25) is 14.4 Å². The summed E-state index contributed by atoms with van der Waals surface area (Å²) in [7, 11) is 0. The molecule has 1 aromatic heterocycles. The highest BCUT2D eigenvalue weighted by Gasteiger charge is 2.26. The van der Waals surface area contributed by atoms with E-state index >= 15 is 0 Å². The molecule has 0 unspecified atom stereocenters. The van der Waals surface area contributed by atoms with Crippen LogP contribution in [-0.2, 0) is 9.59 Å². The third-order valence-corrected chi connectivity index (χ3v) is 3.19. The first kappa shape index (κ1) is 14.1. The Bertz CT molecular complexity index is 696. The molecule has 5 N–H and O–H groups in total. The van der Waals surface area contributed by atoms with Crippen LogP contribution in [0.2, 0.25) is 0 Å². The lowest BCUT2D eigenvalue weighted by molar-refractivity contribution is -0.128. The molecule has 20 heavy (non-hydrogen) atoms. The fourth-order valence-electron chi connectivity index (χ4n) is 1.62. The number of carbonyl (C=O) groups excluding carboxylic acids is 3. The van der Waals surface area contributed by atoms with Gasteiger partial charge in [0, 0.05) is 5.39 Å². The smallest absolute Gasteiger partial charge is 0.288 e. The number of benzene rings is 1. The fraction of sp³-hybridized carbons (Fsp3) is 0.0833. The van der Waals surface area contributed by atoms with Crippen molar-refractivity contribution in [2.75, 3.05) is 0 Å². The minimum Gasteiger partial charge on any atom is -0.450 e. The van der Waals surface area contributed by atoms with Gasteiger partial charge in [0.15, 0.2) is 11.8 Å². The number of primary amides is 2. The molecule has 0 bridgehead atoms. The van der Waals surface area contributed by atoms with Crippen LogP contribution in [0, 0.1) is 0 Å². The molecule has 0 aliphatic heterocycles. The van der Waals surface area contributed by atoms with Crippen molar-refractivity contribution in [2.45, 2.75) is 6.04 Å². The number of carbonyl (C=O) groups is 3. The van der Waals surface area contributed by atoms with Gasteiger partial charge in [-0.25, -0.2) is 0 Å². The highest BCUT2D eigenvalue weighted by molar-refractivity contribution is 9.10. The van der Waals surface area contributed by atoms with Crippen LogP contribution in [0.4, 0.5) is 0 Å². The van der Waals surface area contributed by atoms with E-state index in [9.17, 15) is 14.4 Å². The molecule has 0 aliphatic rings. The Morgan fingerprint density at radius 3 is 2.40 bits per heavy atom. The van der Waals surface area contributed by atoms with Gasteiger partial charge in [0.1, 0.15) is 5.58 Å². The second-order valence-corrected chi connectivity index (χ2v) is 4.83. The maximum atomic E-state index is 11.9. The van der Waals surface area contributed by atoms with E-state index in [1.165, 1.54) is 6.07 Å². The van der Waals surface area contributed by atoms with E-state index in [0.717, 1.165) is 0 Å². The topological polar surface area (TPSA) is 128 Å². The molecule has 3 amide bonds. The monoisotopic (exact) mass is 339 g/mol. The normalized spacial score (nSPS) is 10.7. The van der Waals surface area contributed by atoms with Gasteiger partial charge in [-0.05, 0) is 28.1 Å². The van der Waals surface area contributed by atoms with Crippen molar-refractivity contribution >= 4 is 44.6 Å². The number of nitrogens with two attached hydrogens (primary N) is 2. The van der Waals surface area contributed by atoms with Gasteiger partial charge in [0.05, 0.1) is 4.47 Å². The number of hydrogen-bond acceptors (Lipinski definition) is 4. The van der Waals surface area contributed by atoms with Crippen LogP contribution in [-0.4, -0.2) is 23.8 Å². The maximum absolute atomic E-state index is 11.9. The Hall–Kier alpha value is -2.35. The third kappa shape index (κ3) is 2.64. The van der Waals surface area contributed by atoms with Gasteiger partial charge in [0.25, 0.3) is 5.91 Å². The zero-order valence-electron chi connectivity index (χ0n) is 10.1. The molecule has 0 atom stereocenters. The summed E-state index contributed by atoms with van der Waals surface area (Å²) >= 11 is 3.28. The first-order valence-corrected chi connectivity index (χ1v) is 6.27. The molecule has 2 rings (SSSR count). The molecule has 0 saturated carbocycles. The van der Waals surface area contributed by atoms with Gasteiger partial charge in [-0.15, -0.1) is 0 Å². The maximum Gasteiger partial charge on any atom is 0.288 e. The molecule has 0 fully saturated rings. The third-order valence-electron chi connectivity index (χ3n) is 2.56. The molecule has 0 aliphatic carbocycles. The standard InChI is InChI=1S/C12H10BrN3O4/c13-6-3-1-2-5-4-7(20-9(5)6)12(19)16-8(10(14)17)11(15)18/h1-4,8H,(H2,14,17)(H2,15,18)(H,16,19). The molecule has 1 aromatic carbocycles. The first-order chi connectivity index (χ1) is 9.40. The predicted molar refractivity (Wildman–Crippen MR) is 73.6 cm³/mol. The zero-order chi connectivity index (χ0) is 14.9. The Morgan fingerprint density at radius 2 is 1.85 bits per heavy atom. The molecule has 2 aromatic rings. The van der Waals surface area contributed by atoms with Crippen molar-refractivity contribution < 1.29 is 18.8 Å². The van der Waals surface area contributed by atoms with Crippen LogP contribution in [0.25, 0.3) is 11.0 Å². The van der Waals surface area contributed by atoms with E-state index in [0.29, 0.717) is 15.4 Å². The number of amides is 3. The number of furan rings is 1. The first-order valence-electron chi connectivity index (χ1n) is 5.47. The van der Waals surface area contributed by atoms with Crippen molar-refractivity contribution in [3.05, 3.63) is 34.5 Å². The number of rotatable bonds is 4. The van der Waals surface area contributed by atoms with E-state index in [4.69, 9.17) is 15.9 Å². The van der Waals surface area contributed by atoms with Crippen molar-refractivity contribution in [3.63, 3.8) is 0 Å². The van der Waals surface area contributed by atoms with Crippen molar-refractivity contribution in [1.29, 1.82) is 0 Å². The SMILES string of the molecule is NC(=O)C(NC(=O)c1cc2cccc(Br)c2o1)C(N)=O. The summed E-state index contributed by atoms with van der Waals surface area (Å²) in [5.41, 5.74) is 10.4. The molecule has 8 heteroatoms. The highest BCUT2D eigenvalue weighted by Crippen LogP contribution is 2.26. The lowest BCUT2D eigenvalue weighted by atomic mass is 10.2. The molecule has 0 spiro atoms. The lowest BCUT2D eigenvalue weighted by Gasteiger charge is -2.09. The summed E-state index contributed by atoms with van der Waals surface area (Å²) in [6, 6.07) is 5.18. The second kappa shape index (κ2) is 5.33. The van der Waals surface area contributed by atoms with Crippen molar-refractivity contribution in [3.8, 4) is 0 Å². The molecular formula is C12H10BrN3O4. The molecule has 104 valence electrons. The molecule has 0 saturated heterocycles. The quantitative estimate of drug-likeness (QED) is 0.690. The number of fused-ring (bicyclic) bond motifs is 1. The minimum absolute atomic E-state index is 0.0561. The van der Waals surface area contributed by atoms with Crippen LogP contribution < -0.4 is 16.8 Å². The summed E-state index contributed by atoms with van der Waals surface area (Å²) in [6.45, 7) is 0. The van der Waals surface area contributed by atoms with Gasteiger partial charge >= 0.3 is 0 Å². The van der Waals surface area contributed by atoms with Crippen LogP contribution in [0.15, 0.2) is 33.2 Å². The molecule has 0 radical (unpaired) electrons. The van der Waals surface area contributed by atoms with E-state index in [2.05, 4.69) is 21.2 Å². The number of hydrogen-bond donors (Lipinski definition) is 3. The summed E-state index contributed by atoms with van der Waals surface area (Å²) in [4.78, 5) is 33.9. The summed E-state index contributed by atoms with van der Waals surface area (Å²) in [6.07, 6.45) is 0. The summed E-state index contributed by atoms with van der Waals surface area (Å²) in [5, 5.41) is 2.81. The van der Waals surface area contributed by atoms with Crippen LogP contribution in [0.1, 0.15) is 10.6 Å². The molecule has 7 nitrogen and oxygen atoms in total. The second-order valence-electron chi connectivity index (χ2n) is 3.98. The van der Waals surface area contributed by atoms with Crippen LogP contribution in [0.3, 0.4) is 0 Å². The Kier molecular flexibility index (Phi) is 3.75. The van der Waals surface area contributed by atoms with E-state index < -0.39 is 23.8 Å². The van der Waals surface area contributed by atoms with Gasteiger partial charge < -0.3 is 21.2 Å². The Morgan fingerprint density at radius 1 is 1.20 bits per heavy atom. The van der Waals surface area contributed by atoms with E-state index in [1.807, 2.05) is 0 Å². The van der Waals surface area contributed by atoms with Gasteiger partial charge in [-0.1, -0.05) is 12.1 Å². The summed E-state index contributed by atoms with van der Waals surface area (Å²) in [5.74, 6) is -2.89. The predicted octanol–water partition coefficient (Wildman–Crippen LogP) is 0.264. The largest absolute Gasteiger partial charge is 0.450 e. The van der Waals surface area contributed by atoms with E-state index in [-0.39, 0.29) is 5.76 Å². The lowest BCUT2D eigenvalue weighted by Crippen LogP contribution is -2.52. The fourth-order valence-corrected chi connectivity index (χ4v) is 2.09. The van der Waals surface area contributed by atoms with Gasteiger partial charge in [0.2, 0.25) is 11.8 Å². The minimum atomic E-state index is -1.58. The Balaban J connectivity index is 2.30. The Labute approximate surface area is 121 Å². The van der Waals surface area contributed by atoms with Gasteiger partial charge in [-0.2, -0.15) is 0 Å². The number of para-hydroxylation sites is 1. The van der Waals surface area contributed by atoms with Crippen molar-refractivity contribution in [2.24, 2.45) is 11.5 Å². The van der Waals surface area contributed by atoms with Crippen LogP contribution >= 0.6 is 15.9 Å². The average molecular weight is 340 g/mol. The zero-order valence-corrected chi connectivity index (χ0v) is 11.6. The van der Waals surface area contributed by atoms with Crippen LogP contribution in [0.5, 0.6) is 0 Å². The molecule has 1 heterocycles. The summed E-state index contributed by atoms with van der Waals surface area (Å²) < 4.78 is 6.03. The molecular weight excluding hydrogens is 330 g/mol. The number of halogens is 1. The van der Waals surface area contributed by atoms with Crippen molar-refractivity contribution in [1.82, 2.24) is 5.32 Å².